The van der Waals surface area contributed by atoms with E-state index in [1.165, 1.54) is 16.9 Å². The van der Waals surface area contributed by atoms with Crippen LogP contribution in [0.1, 0.15) is 73.7 Å². The molecule has 6 rings (SSSR count). The number of aromatic nitrogens is 1. The van der Waals surface area contributed by atoms with Crippen LogP contribution in [0, 0.1) is 6.92 Å². The van der Waals surface area contributed by atoms with Gasteiger partial charge in [-0.15, -0.1) is 11.3 Å². The third-order valence-electron chi connectivity index (χ3n) is 7.68. The number of anilines is 1. The van der Waals surface area contributed by atoms with Crippen molar-refractivity contribution >= 4 is 40.4 Å². The summed E-state index contributed by atoms with van der Waals surface area (Å²) in [7, 11) is 0. The average molecular weight is 556 g/mol. The van der Waals surface area contributed by atoms with E-state index >= 15 is 0 Å². The van der Waals surface area contributed by atoms with Crippen LogP contribution >= 0.6 is 22.9 Å². The fourth-order valence-corrected chi connectivity index (χ4v) is 6.63. The molecule has 0 radical (unpaired) electrons. The van der Waals surface area contributed by atoms with Crippen LogP contribution in [0.25, 0.3) is 11.3 Å². The number of benzene rings is 3. The molecule has 39 heavy (non-hydrogen) atoms. The molecule has 0 spiro atoms. The predicted octanol–water partition coefficient (Wildman–Crippen LogP) is 7.92. The Morgan fingerprint density at radius 2 is 1.64 bits per heavy atom. The van der Waals surface area contributed by atoms with E-state index in [1.807, 2.05) is 54.3 Å². The van der Waals surface area contributed by atoms with E-state index in [9.17, 15) is 9.59 Å². The zero-order chi connectivity index (χ0) is 26.9. The molecule has 2 aliphatic rings. The highest BCUT2D eigenvalue weighted by Gasteiger charge is 2.31. The first-order valence-corrected chi connectivity index (χ1v) is 14.7. The molecule has 0 bridgehead atoms. The standard InChI is InChI=1S/C32H30ClN3O2S/c1-20-11-14-24(19-26(20)32(38)36-17-15-22(16-18-36)21-7-3-2-4-8-21)34-30(37)29-28(25-9-5-6-10-27(25)33)35-31(39-29)23-12-13-23/h2-11,14,19,22-23H,12-13,15-18H2,1H3,(H,34,37). The molecular formula is C32H30ClN3O2S. The lowest BCUT2D eigenvalue weighted by Gasteiger charge is -2.32. The van der Waals surface area contributed by atoms with Gasteiger partial charge in [0.1, 0.15) is 4.88 Å². The minimum Gasteiger partial charge on any atom is -0.339 e. The van der Waals surface area contributed by atoms with Crippen molar-refractivity contribution in [2.45, 2.75) is 44.4 Å². The lowest BCUT2D eigenvalue weighted by molar-refractivity contribution is 0.0712. The molecular weight excluding hydrogens is 526 g/mol. The first-order valence-electron chi connectivity index (χ1n) is 13.5. The predicted molar refractivity (Wildman–Crippen MR) is 158 cm³/mol. The van der Waals surface area contributed by atoms with E-state index in [1.54, 1.807) is 6.07 Å². The highest BCUT2D eigenvalue weighted by Crippen LogP contribution is 2.45. The van der Waals surface area contributed by atoms with Crippen molar-refractivity contribution in [1.82, 2.24) is 9.88 Å². The summed E-state index contributed by atoms with van der Waals surface area (Å²) >= 11 is 7.92. The second kappa shape index (κ2) is 10.9. The number of hydrogen-bond donors (Lipinski definition) is 1. The maximum Gasteiger partial charge on any atom is 0.268 e. The number of thiazole rings is 1. The fourth-order valence-electron chi connectivity index (χ4n) is 5.26. The largest absolute Gasteiger partial charge is 0.339 e. The van der Waals surface area contributed by atoms with Crippen LogP contribution in [0.4, 0.5) is 5.69 Å². The van der Waals surface area contributed by atoms with Crippen molar-refractivity contribution in [3.8, 4) is 11.3 Å². The SMILES string of the molecule is Cc1ccc(NC(=O)c2sc(C3CC3)nc2-c2ccccc2Cl)cc1C(=O)N1CCC(c2ccccc2)CC1. The second-order valence-electron chi connectivity index (χ2n) is 10.4. The van der Waals surface area contributed by atoms with Crippen molar-refractivity contribution in [3.63, 3.8) is 0 Å². The Morgan fingerprint density at radius 3 is 2.36 bits per heavy atom. The summed E-state index contributed by atoms with van der Waals surface area (Å²) in [6, 6.07) is 23.6. The Bertz CT molecular complexity index is 1520. The van der Waals surface area contributed by atoms with E-state index in [-0.39, 0.29) is 11.8 Å². The third kappa shape index (κ3) is 5.49. The van der Waals surface area contributed by atoms with Gasteiger partial charge in [0.25, 0.3) is 11.8 Å². The van der Waals surface area contributed by atoms with Crippen LogP contribution in [0.15, 0.2) is 72.8 Å². The number of rotatable bonds is 6. The van der Waals surface area contributed by atoms with Gasteiger partial charge in [0.2, 0.25) is 0 Å². The Kier molecular flexibility index (Phi) is 7.24. The highest BCUT2D eigenvalue weighted by molar-refractivity contribution is 7.14. The minimum atomic E-state index is -0.236. The molecule has 2 fully saturated rings. The summed E-state index contributed by atoms with van der Waals surface area (Å²) in [6.45, 7) is 3.39. The van der Waals surface area contributed by atoms with Gasteiger partial charge in [-0.3, -0.25) is 9.59 Å². The van der Waals surface area contributed by atoms with Gasteiger partial charge >= 0.3 is 0 Å². The Morgan fingerprint density at radius 1 is 0.923 bits per heavy atom. The van der Waals surface area contributed by atoms with Gasteiger partial charge in [-0.2, -0.15) is 0 Å². The number of nitrogens with one attached hydrogen (secondary N) is 1. The van der Waals surface area contributed by atoms with Crippen molar-refractivity contribution in [2.75, 3.05) is 18.4 Å². The first-order chi connectivity index (χ1) is 19.0. The van der Waals surface area contributed by atoms with Crippen molar-refractivity contribution < 1.29 is 9.59 Å². The van der Waals surface area contributed by atoms with Crippen LogP contribution in [0.5, 0.6) is 0 Å². The number of hydrogen-bond acceptors (Lipinski definition) is 4. The molecule has 7 heteroatoms. The smallest absolute Gasteiger partial charge is 0.268 e. The third-order valence-corrected chi connectivity index (χ3v) is 9.23. The van der Waals surface area contributed by atoms with Gasteiger partial charge in [-0.25, -0.2) is 4.98 Å². The minimum absolute atomic E-state index is 0.0145. The number of amides is 2. The van der Waals surface area contributed by atoms with Crippen molar-refractivity contribution in [1.29, 1.82) is 0 Å². The Hall–Kier alpha value is -3.48. The number of halogens is 1. The average Bonchev–Trinajstić information content (AvgIpc) is 3.73. The van der Waals surface area contributed by atoms with Crippen molar-refractivity contribution in [2.24, 2.45) is 0 Å². The van der Waals surface area contributed by atoms with Crippen LogP contribution in [-0.4, -0.2) is 34.8 Å². The zero-order valence-corrected chi connectivity index (χ0v) is 23.4. The zero-order valence-electron chi connectivity index (χ0n) is 21.8. The molecule has 5 nitrogen and oxygen atoms in total. The molecule has 4 aromatic rings. The molecule has 1 aromatic heterocycles. The van der Waals surface area contributed by atoms with Gasteiger partial charge in [-0.05, 0) is 67.9 Å². The van der Waals surface area contributed by atoms with E-state index in [0.717, 1.165) is 54.9 Å². The van der Waals surface area contributed by atoms with Crippen LogP contribution < -0.4 is 5.32 Å². The molecule has 0 atom stereocenters. The first kappa shape index (κ1) is 25.8. The maximum atomic E-state index is 13.5. The Labute approximate surface area is 237 Å². The summed E-state index contributed by atoms with van der Waals surface area (Å²) in [5, 5.41) is 4.58. The van der Waals surface area contributed by atoms with Crippen LogP contribution in [0.3, 0.4) is 0 Å². The summed E-state index contributed by atoms with van der Waals surface area (Å²) in [6.07, 6.45) is 4.10. The van der Waals surface area contributed by atoms with E-state index in [4.69, 9.17) is 16.6 Å². The quantitative estimate of drug-likeness (QED) is 0.263. The summed E-state index contributed by atoms with van der Waals surface area (Å²) in [5.41, 5.74) is 4.84. The van der Waals surface area contributed by atoms with Crippen LogP contribution in [-0.2, 0) is 0 Å². The molecule has 3 aromatic carbocycles. The number of carbonyl (C=O) groups excluding carboxylic acids is 2. The summed E-state index contributed by atoms with van der Waals surface area (Å²) < 4.78 is 0. The fraction of sp³-hybridized carbons (Fsp3) is 0.281. The molecule has 198 valence electrons. The topological polar surface area (TPSA) is 62.3 Å². The maximum absolute atomic E-state index is 13.5. The summed E-state index contributed by atoms with van der Waals surface area (Å²) in [5.74, 6) is 0.683. The van der Waals surface area contributed by atoms with Gasteiger partial charge in [-0.1, -0.05) is 66.2 Å². The molecule has 0 unspecified atom stereocenters. The number of piperidine rings is 1. The lowest BCUT2D eigenvalue weighted by atomic mass is 9.89. The molecule has 1 N–H and O–H groups in total. The molecule has 1 saturated heterocycles. The highest BCUT2D eigenvalue weighted by atomic mass is 35.5. The van der Waals surface area contributed by atoms with Gasteiger partial charge < -0.3 is 10.2 Å². The van der Waals surface area contributed by atoms with E-state index < -0.39 is 0 Å². The normalized spacial score (nSPS) is 15.8. The van der Waals surface area contributed by atoms with Crippen molar-refractivity contribution in [3.05, 3.63) is 104 Å². The van der Waals surface area contributed by atoms with E-state index in [0.29, 0.717) is 38.7 Å². The van der Waals surface area contributed by atoms with Gasteiger partial charge in [0.15, 0.2) is 0 Å². The van der Waals surface area contributed by atoms with Crippen LogP contribution in [0.2, 0.25) is 5.02 Å². The molecule has 1 saturated carbocycles. The Balaban J connectivity index is 1.20. The molecule has 2 amide bonds. The number of nitrogens with zero attached hydrogens (tertiary/aromatic N) is 2. The molecule has 1 aliphatic carbocycles. The molecule has 1 aliphatic heterocycles. The van der Waals surface area contributed by atoms with Gasteiger partial charge in [0.05, 0.1) is 15.7 Å². The number of likely N-dealkylation sites (tertiary alicyclic amines) is 1. The second-order valence-corrected chi connectivity index (χ2v) is 11.9. The van der Waals surface area contributed by atoms with E-state index in [2.05, 4.69) is 29.6 Å². The molecule has 2 heterocycles. The summed E-state index contributed by atoms with van der Waals surface area (Å²) in [4.78, 5) is 34.4. The van der Waals surface area contributed by atoms with Gasteiger partial charge in [0, 0.05) is 35.8 Å². The lowest BCUT2D eigenvalue weighted by Crippen LogP contribution is -2.38. The number of aryl methyl sites for hydroxylation is 1. The monoisotopic (exact) mass is 555 g/mol. The number of carbonyl (C=O) groups is 2.